The molecule has 0 fully saturated rings. The van der Waals surface area contributed by atoms with Crippen molar-refractivity contribution in [2.75, 3.05) is 0 Å². The van der Waals surface area contributed by atoms with Crippen LogP contribution in [0.3, 0.4) is 0 Å². The average molecular weight is 271 g/mol. The third kappa shape index (κ3) is 2.07. The maximum atomic E-state index is 12.3. The Morgan fingerprint density at radius 1 is 1.40 bits per heavy atom. The van der Waals surface area contributed by atoms with Gasteiger partial charge in [0.15, 0.2) is 0 Å². The number of aromatic hydroxyl groups is 1. The van der Waals surface area contributed by atoms with Crippen LogP contribution in [0.4, 0.5) is 0 Å². The first kappa shape index (κ1) is 12.8. The number of nitrogens with one attached hydrogen (secondary N) is 1. The molecule has 3 rings (SSSR count). The van der Waals surface area contributed by atoms with Gasteiger partial charge in [0, 0.05) is 0 Å². The Labute approximate surface area is 117 Å². The quantitative estimate of drug-likeness (QED) is 0.882. The molecule has 4 nitrogen and oxygen atoms in total. The number of furan rings is 1. The van der Waals surface area contributed by atoms with Crippen LogP contribution in [-0.2, 0) is 6.42 Å². The molecule has 20 heavy (non-hydrogen) atoms. The van der Waals surface area contributed by atoms with Crippen molar-refractivity contribution in [3.8, 4) is 5.75 Å². The van der Waals surface area contributed by atoms with E-state index in [-0.39, 0.29) is 11.9 Å². The first-order valence-corrected chi connectivity index (χ1v) is 6.75. The van der Waals surface area contributed by atoms with E-state index in [0.29, 0.717) is 17.1 Å². The number of amides is 1. The van der Waals surface area contributed by atoms with Crippen molar-refractivity contribution in [1.82, 2.24) is 5.32 Å². The Bertz CT molecular complexity index is 672. The summed E-state index contributed by atoms with van der Waals surface area (Å²) in [5.74, 6) is 1.56. The number of hydrogen-bond acceptors (Lipinski definition) is 3. The van der Waals surface area contributed by atoms with Crippen LogP contribution in [0.25, 0.3) is 0 Å². The minimum atomic E-state index is -0.124. The minimum Gasteiger partial charge on any atom is -0.508 e. The molecule has 1 aliphatic carbocycles. The van der Waals surface area contributed by atoms with Crippen molar-refractivity contribution < 1.29 is 14.3 Å². The van der Waals surface area contributed by atoms with Crippen molar-refractivity contribution in [3.63, 3.8) is 0 Å². The van der Waals surface area contributed by atoms with Crippen LogP contribution >= 0.6 is 0 Å². The molecule has 1 unspecified atom stereocenters. The highest BCUT2D eigenvalue weighted by Gasteiger charge is 2.27. The van der Waals surface area contributed by atoms with Gasteiger partial charge >= 0.3 is 0 Å². The average Bonchev–Trinajstić information content (AvgIpc) is 2.94. The molecule has 1 aromatic heterocycles. The lowest BCUT2D eigenvalue weighted by molar-refractivity contribution is 0.0935. The second-order valence-electron chi connectivity index (χ2n) is 5.24. The molecule has 2 N–H and O–H groups in total. The van der Waals surface area contributed by atoms with Gasteiger partial charge in [-0.1, -0.05) is 12.1 Å². The summed E-state index contributed by atoms with van der Waals surface area (Å²) >= 11 is 0. The zero-order chi connectivity index (χ0) is 14.3. The highest BCUT2D eigenvalue weighted by Crippen LogP contribution is 2.36. The van der Waals surface area contributed by atoms with Gasteiger partial charge in [0.1, 0.15) is 17.3 Å². The third-order valence-corrected chi connectivity index (χ3v) is 3.84. The molecule has 0 saturated carbocycles. The van der Waals surface area contributed by atoms with Gasteiger partial charge in [0.25, 0.3) is 5.91 Å². The Balaban J connectivity index is 1.82. The summed E-state index contributed by atoms with van der Waals surface area (Å²) in [6.07, 6.45) is 1.60. The fourth-order valence-electron chi connectivity index (χ4n) is 2.88. The molecule has 0 radical (unpaired) electrons. The predicted molar refractivity (Wildman–Crippen MR) is 74.8 cm³/mol. The normalized spacial score (nSPS) is 17.0. The third-order valence-electron chi connectivity index (χ3n) is 3.84. The number of rotatable bonds is 2. The van der Waals surface area contributed by atoms with E-state index in [0.717, 1.165) is 29.7 Å². The molecule has 1 heterocycles. The molecular weight excluding hydrogens is 254 g/mol. The van der Waals surface area contributed by atoms with Gasteiger partial charge in [-0.3, -0.25) is 4.79 Å². The predicted octanol–water partition coefficient (Wildman–Crippen LogP) is 3.02. The van der Waals surface area contributed by atoms with Gasteiger partial charge in [0.2, 0.25) is 0 Å². The summed E-state index contributed by atoms with van der Waals surface area (Å²) in [4.78, 5) is 12.3. The molecule has 1 aromatic carbocycles. The van der Waals surface area contributed by atoms with Crippen LogP contribution in [0.2, 0.25) is 0 Å². The summed E-state index contributed by atoms with van der Waals surface area (Å²) < 4.78 is 5.39. The van der Waals surface area contributed by atoms with Crippen LogP contribution in [-0.4, -0.2) is 11.0 Å². The second kappa shape index (κ2) is 4.71. The lowest BCUT2D eigenvalue weighted by Gasteiger charge is -2.14. The summed E-state index contributed by atoms with van der Waals surface area (Å²) in [7, 11) is 0. The molecule has 104 valence electrons. The summed E-state index contributed by atoms with van der Waals surface area (Å²) in [5.41, 5.74) is 2.53. The lowest BCUT2D eigenvalue weighted by atomic mass is 10.1. The van der Waals surface area contributed by atoms with Crippen LogP contribution in [0.1, 0.15) is 45.5 Å². The number of aryl methyl sites for hydroxylation is 2. The highest BCUT2D eigenvalue weighted by atomic mass is 16.3. The van der Waals surface area contributed by atoms with E-state index in [2.05, 4.69) is 5.32 Å². The molecule has 1 amide bonds. The van der Waals surface area contributed by atoms with E-state index >= 15 is 0 Å². The summed E-state index contributed by atoms with van der Waals surface area (Å²) in [5, 5.41) is 12.8. The van der Waals surface area contributed by atoms with Gasteiger partial charge in [-0.25, -0.2) is 0 Å². The maximum absolute atomic E-state index is 12.3. The largest absolute Gasteiger partial charge is 0.508 e. The SMILES string of the molecule is Cc1cc(C(=O)NC2CCc3c(O)cccc32)c(C)o1. The van der Waals surface area contributed by atoms with Crippen molar-refractivity contribution in [2.24, 2.45) is 0 Å². The van der Waals surface area contributed by atoms with Crippen LogP contribution in [0, 0.1) is 13.8 Å². The topological polar surface area (TPSA) is 62.5 Å². The molecule has 0 saturated heterocycles. The second-order valence-corrected chi connectivity index (χ2v) is 5.24. The maximum Gasteiger partial charge on any atom is 0.255 e. The van der Waals surface area contributed by atoms with Gasteiger partial charge in [-0.05, 0) is 49.9 Å². The molecule has 0 aliphatic heterocycles. The first-order chi connectivity index (χ1) is 9.56. The van der Waals surface area contributed by atoms with Crippen molar-refractivity contribution in [3.05, 3.63) is 52.5 Å². The summed E-state index contributed by atoms with van der Waals surface area (Å²) in [6.45, 7) is 3.61. The van der Waals surface area contributed by atoms with E-state index in [1.807, 2.05) is 19.1 Å². The number of phenolic OH excluding ortho intramolecular Hbond substituents is 1. The number of carbonyl (C=O) groups excluding carboxylic acids is 1. The Morgan fingerprint density at radius 3 is 2.90 bits per heavy atom. The number of phenols is 1. The number of carbonyl (C=O) groups is 1. The molecule has 4 heteroatoms. The Kier molecular flexibility index (Phi) is 3.01. The zero-order valence-electron chi connectivity index (χ0n) is 11.6. The van der Waals surface area contributed by atoms with E-state index in [9.17, 15) is 9.90 Å². The molecular formula is C16H17NO3. The lowest BCUT2D eigenvalue weighted by Crippen LogP contribution is -2.27. The van der Waals surface area contributed by atoms with Crippen molar-refractivity contribution >= 4 is 5.91 Å². The fourth-order valence-corrected chi connectivity index (χ4v) is 2.88. The molecule has 2 aromatic rings. The smallest absolute Gasteiger partial charge is 0.255 e. The van der Waals surface area contributed by atoms with Gasteiger partial charge in [-0.15, -0.1) is 0 Å². The monoisotopic (exact) mass is 271 g/mol. The standard InChI is InChI=1S/C16H17NO3/c1-9-8-13(10(2)20-9)16(19)17-14-7-6-12-11(14)4-3-5-15(12)18/h3-5,8,14,18H,6-7H2,1-2H3,(H,17,19). The Hall–Kier alpha value is -2.23. The van der Waals surface area contributed by atoms with E-state index in [4.69, 9.17) is 4.42 Å². The van der Waals surface area contributed by atoms with Gasteiger partial charge in [-0.2, -0.15) is 0 Å². The van der Waals surface area contributed by atoms with Crippen molar-refractivity contribution in [1.29, 1.82) is 0 Å². The molecule has 1 aliphatic rings. The first-order valence-electron chi connectivity index (χ1n) is 6.75. The minimum absolute atomic E-state index is 0.0424. The zero-order valence-corrected chi connectivity index (χ0v) is 11.6. The van der Waals surface area contributed by atoms with Crippen LogP contribution in [0.5, 0.6) is 5.75 Å². The van der Waals surface area contributed by atoms with Crippen molar-refractivity contribution in [2.45, 2.75) is 32.7 Å². The van der Waals surface area contributed by atoms with Gasteiger partial charge < -0.3 is 14.8 Å². The van der Waals surface area contributed by atoms with E-state index in [1.165, 1.54) is 0 Å². The van der Waals surface area contributed by atoms with E-state index in [1.54, 1.807) is 19.1 Å². The van der Waals surface area contributed by atoms with Gasteiger partial charge in [0.05, 0.1) is 11.6 Å². The molecule has 0 bridgehead atoms. The molecule has 0 spiro atoms. The van der Waals surface area contributed by atoms with Crippen LogP contribution < -0.4 is 5.32 Å². The Morgan fingerprint density at radius 2 is 2.20 bits per heavy atom. The molecule has 1 atom stereocenters. The highest BCUT2D eigenvalue weighted by molar-refractivity contribution is 5.95. The number of hydrogen-bond donors (Lipinski definition) is 2. The number of benzene rings is 1. The number of fused-ring (bicyclic) bond motifs is 1. The van der Waals surface area contributed by atoms with E-state index < -0.39 is 0 Å². The summed E-state index contributed by atoms with van der Waals surface area (Å²) in [6, 6.07) is 7.17. The fraction of sp³-hybridized carbons (Fsp3) is 0.312. The van der Waals surface area contributed by atoms with Crippen LogP contribution in [0.15, 0.2) is 28.7 Å².